The van der Waals surface area contributed by atoms with Gasteiger partial charge < -0.3 is 14.4 Å². The standard InChI is InChI=1S/C29H31N5O4S2/c1-4-19(3)34-28(36)24(40-29(34)39)15-21-26(30-25-18(2)6-5-9-33(25)27(21)35)32-12-10-31(11-13-32)16-20-7-8-22-23(14-20)38-17-37-22/h5-9,14-15,19H,4,10-13,16-17H2,1-3H3/b24-15-/t19-/m0/s1. The van der Waals surface area contributed by atoms with E-state index >= 15 is 0 Å². The van der Waals surface area contributed by atoms with Gasteiger partial charge in [-0.25, -0.2) is 4.98 Å². The van der Waals surface area contributed by atoms with Crippen molar-refractivity contribution in [2.75, 3.05) is 37.9 Å². The average molecular weight is 578 g/mol. The first-order valence-corrected chi connectivity index (χ1v) is 14.7. The van der Waals surface area contributed by atoms with Crippen molar-refractivity contribution >= 4 is 51.7 Å². The fourth-order valence-corrected chi connectivity index (χ4v) is 6.70. The fourth-order valence-electron chi connectivity index (χ4n) is 5.26. The minimum atomic E-state index is -0.194. The Kier molecular flexibility index (Phi) is 7.28. The van der Waals surface area contributed by atoms with E-state index in [2.05, 4.69) is 15.9 Å². The molecule has 3 aromatic rings. The summed E-state index contributed by atoms with van der Waals surface area (Å²) in [4.78, 5) is 38.8. The maximum atomic E-state index is 13.8. The molecule has 0 radical (unpaired) electrons. The number of piperazine rings is 1. The number of pyridine rings is 1. The van der Waals surface area contributed by atoms with Gasteiger partial charge in [-0.3, -0.25) is 23.8 Å². The van der Waals surface area contributed by atoms with Crippen LogP contribution in [0.5, 0.6) is 11.5 Å². The van der Waals surface area contributed by atoms with Crippen LogP contribution in [0.15, 0.2) is 46.2 Å². The highest BCUT2D eigenvalue weighted by atomic mass is 32.2. The van der Waals surface area contributed by atoms with Crippen LogP contribution < -0.4 is 19.9 Å². The Morgan fingerprint density at radius 2 is 1.90 bits per heavy atom. The number of hydrogen-bond donors (Lipinski definition) is 0. The second-order valence-electron chi connectivity index (χ2n) is 10.3. The van der Waals surface area contributed by atoms with E-state index in [0.717, 1.165) is 43.1 Å². The third kappa shape index (κ3) is 4.86. The zero-order valence-electron chi connectivity index (χ0n) is 22.8. The largest absolute Gasteiger partial charge is 0.454 e. The topological polar surface area (TPSA) is 79.6 Å². The van der Waals surface area contributed by atoms with Crippen LogP contribution in [0.3, 0.4) is 0 Å². The van der Waals surface area contributed by atoms with Crippen LogP contribution >= 0.6 is 24.0 Å². The maximum Gasteiger partial charge on any atom is 0.267 e. The van der Waals surface area contributed by atoms with Crippen molar-refractivity contribution < 1.29 is 14.3 Å². The van der Waals surface area contributed by atoms with Gasteiger partial charge in [0.2, 0.25) is 6.79 Å². The molecule has 0 saturated carbocycles. The lowest BCUT2D eigenvalue weighted by Crippen LogP contribution is -2.47. The van der Waals surface area contributed by atoms with Crippen LogP contribution in [-0.4, -0.2) is 68.4 Å². The number of aryl methyl sites for hydroxylation is 1. The van der Waals surface area contributed by atoms with E-state index in [-0.39, 0.29) is 24.3 Å². The molecular formula is C29H31N5O4S2. The number of hydrogen-bond acceptors (Lipinski definition) is 9. The molecule has 3 aliphatic rings. The lowest BCUT2D eigenvalue weighted by Gasteiger charge is -2.36. The number of thioether (sulfide) groups is 1. The van der Waals surface area contributed by atoms with Crippen LogP contribution in [0.1, 0.15) is 37.0 Å². The minimum Gasteiger partial charge on any atom is -0.454 e. The van der Waals surface area contributed by atoms with E-state index in [1.807, 2.05) is 45.0 Å². The number of ether oxygens (including phenoxy) is 2. The van der Waals surface area contributed by atoms with Crippen molar-refractivity contribution in [1.82, 2.24) is 19.2 Å². The molecule has 0 N–H and O–H groups in total. The van der Waals surface area contributed by atoms with Gasteiger partial charge in [0.25, 0.3) is 11.5 Å². The molecule has 5 heterocycles. The van der Waals surface area contributed by atoms with Gasteiger partial charge in [-0.1, -0.05) is 43.0 Å². The first-order valence-electron chi connectivity index (χ1n) is 13.5. The summed E-state index contributed by atoms with van der Waals surface area (Å²) in [5.41, 5.74) is 2.92. The summed E-state index contributed by atoms with van der Waals surface area (Å²) < 4.78 is 13.1. The molecule has 2 fully saturated rings. The summed E-state index contributed by atoms with van der Waals surface area (Å²) in [6.07, 6.45) is 4.22. The molecule has 6 rings (SSSR count). The number of rotatable bonds is 6. The molecule has 0 spiro atoms. The van der Waals surface area contributed by atoms with E-state index < -0.39 is 0 Å². The zero-order chi connectivity index (χ0) is 28.0. The van der Waals surface area contributed by atoms with Gasteiger partial charge in [-0.2, -0.15) is 0 Å². The normalized spacial score (nSPS) is 19.3. The Morgan fingerprint density at radius 3 is 2.67 bits per heavy atom. The van der Waals surface area contributed by atoms with Gasteiger partial charge >= 0.3 is 0 Å². The number of carbonyl (C=O) groups is 1. The van der Waals surface area contributed by atoms with Crippen LogP contribution in [0.4, 0.5) is 5.82 Å². The number of thiocarbonyl (C=S) groups is 1. The number of fused-ring (bicyclic) bond motifs is 2. The number of anilines is 1. The van der Waals surface area contributed by atoms with E-state index in [1.54, 1.807) is 21.6 Å². The molecule has 9 nitrogen and oxygen atoms in total. The Bertz CT molecular complexity index is 1600. The predicted molar refractivity (Wildman–Crippen MR) is 161 cm³/mol. The van der Waals surface area contributed by atoms with E-state index in [4.69, 9.17) is 26.7 Å². The molecule has 3 aliphatic heterocycles. The number of carbonyl (C=O) groups excluding carboxylic acids is 1. The fraction of sp³-hybridized carbons (Fsp3) is 0.379. The number of aromatic nitrogens is 2. The second kappa shape index (κ2) is 10.9. The third-order valence-corrected chi connectivity index (χ3v) is 9.04. The van der Waals surface area contributed by atoms with Crippen LogP contribution in [-0.2, 0) is 11.3 Å². The highest BCUT2D eigenvalue weighted by molar-refractivity contribution is 8.26. The molecule has 0 bridgehead atoms. The molecule has 40 heavy (non-hydrogen) atoms. The van der Waals surface area contributed by atoms with Gasteiger partial charge in [0.1, 0.15) is 15.8 Å². The van der Waals surface area contributed by atoms with E-state index in [1.165, 1.54) is 17.3 Å². The van der Waals surface area contributed by atoms with Gasteiger partial charge in [0.05, 0.1) is 10.5 Å². The Hall–Kier alpha value is -3.41. The van der Waals surface area contributed by atoms with E-state index in [9.17, 15) is 9.59 Å². The SMILES string of the molecule is CC[C@H](C)N1C(=O)/C(=C/c2c(N3CCN(Cc4ccc5c(c4)OCO5)CC3)nc3c(C)cccn3c2=O)SC1=S. The zero-order valence-corrected chi connectivity index (χ0v) is 24.4. The molecule has 1 atom stereocenters. The van der Waals surface area contributed by atoms with Crippen LogP contribution in [0.2, 0.25) is 0 Å². The summed E-state index contributed by atoms with van der Waals surface area (Å²) in [7, 11) is 0. The second-order valence-corrected chi connectivity index (χ2v) is 12.0. The molecule has 1 aromatic carbocycles. The molecular weight excluding hydrogens is 546 g/mol. The van der Waals surface area contributed by atoms with Crippen LogP contribution in [0.25, 0.3) is 11.7 Å². The lowest BCUT2D eigenvalue weighted by molar-refractivity contribution is -0.123. The Labute approximate surface area is 242 Å². The summed E-state index contributed by atoms with van der Waals surface area (Å²) in [6.45, 7) is 10.0. The van der Waals surface area contributed by atoms with Gasteiger partial charge in [-0.15, -0.1) is 0 Å². The summed E-state index contributed by atoms with van der Waals surface area (Å²) in [5.74, 6) is 2.02. The van der Waals surface area contributed by atoms with Crippen LogP contribution in [0, 0.1) is 6.92 Å². The van der Waals surface area contributed by atoms with Crippen molar-refractivity contribution in [3.8, 4) is 11.5 Å². The van der Waals surface area contributed by atoms with Gasteiger partial charge in [0, 0.05) is 45.0 Å². The Balaban J connectivity index is 1.30. The van der Waals surface area contributed by atoms with Crippen molar-refractivity contribution in [3.63, 3.8) is 0 Å². The quantitative estimate of drug-likeness (QED) is 0.318. The average Bonchev–Trinajstić information content (AvgIpc) is 3.53. The molecule has 2 aromatic heterocycles. The third-order valence-electron chi connectivity index (χ3n) is 7.71. The van der Waals surface area contributed by atoms with Crippen molar-refractivity contribution in [2.24, 2.45) is 0 Å². The minimum absolute atomic E-state index is 0.00539. The van der Waals surface area contributed by atoms with Crippen molar-refractivity contribution in [1.29, 1.82) is 0 Å². The monoisotopic (exact) mass is 577 g/mol. The summed E-state index contributed by atoms with van der Waals surface area (Å²) in [5, 5.41) is 0. The summed E-state index contributed by atoms with van der Waals surface area (Å²) in [6, 6.07) is 9.85. The Morgan fingerprint density at radius 1 is 1.12 bits per heavy atom. The maximum absolute atomic E-state index is 13.8. The first-order chi connectivity index (χ1) is 19.3. The number of nitrogens with zero attached hydrogens (tertiary/aromatic N) is 5. The predicted octanol–water partition coefficient (Wildman–Crippen LogP) is 4.05. The van der Waals surface area contributed by atoms with Gasteiger partial charge in [-0.05, 0) is 55.7 Å². The highest BCUT2D eigenvalue weighted by Gasteiger charge is 2.35. The highest BCUT2D eigenvalue weighted by Crippen LogP contribution is 2.36. The summed E-state index contributed by atoms with van der Waals surface area (Å²) >= 11 is 6.78. The van der Waals surface area contributed by atoms with Crippen molar-refractivity contribution in [3.05, 3.63) is 68.5 Å². The smallest absolute Gasteiger partial charge is 0.267 e. The molecule has 2 saturated heterocycles. The molecule has 11 heteroatoms. The lowest BCUT2D eigenvalue weighted by atomic mass is 10.1. The van der Waals surface area contributed by atoms with E-state index in [0.29, 0.717) is 39.3 Å². The molecule has 0 aliphatic carbocycles. The first kappa shape index (κ1) is 26.8. The molecule has 208 valence electrons. The number of amides is 1. The molecule has 1 amide bonds. The molecule has 0 unspecified atom stereocenters. The van der Waals surface area contributed by atoms with Gasteiger partial charge in [0.15, 0.2) is 11.5 Å². The number of benzene rings is 1. The van der Waals surface area contributed by atoms with Crippen molar-refractivity contribution in [2.45, 2.75) is 39.8 Å².